The highest BCUT2D eigenvalue weighted by molar-refractivity contribution is 7.99. The van der Waals surface area contributed by atoms with Gasteiger partial charge in [0, 0.05) is 32.6 Å². The van der Waals surface area contributed by atoms with Gasteiger partial charge in [-0.1, -0.05) is 11.8 Å². The molecule has 0 aliphatic heterocycles. The summed E-state index contributed by atoms with van der Waals surface area (Å²) in [5.41, 5.74) is 0. The Morgan fingerprint density at radius 2 is 2.35 bits per heavy atom. The molecular weight excluding hydrogens is 242 g/mol. The third-order valence-corrected chi connectivity index (χ3v) is 3.06. The van der Waals surface area contributed by atoms with Gasteiger partial charge in [-0.05, 0) is 16.8 Å². The maximum Gasteiger partial charge on any atom is 0.209 e. The van der Waals surface area contributed by atoms with E-state index in [4.69, 9.17) is 9.84 Å². The molecule has 1 rings (SSSR count). The Labute approximate surface area is 105 Å². The van der Waals surface area contributed by atoms with Crippen molar-refractivity contribution < 1.29 is 9.84 Å². The zero-order valence-electron chi connectivity index (χ0n) is 10.0. The van der Waals surface area contributed by atoms with Crippen molar-refractivity contribution in [1.82, 2.24) is 25.5 Å². The molecule has 1 aromatic rings. The number of aromatic nitrogens is 4. The summed E-state index contributed by atoms with van der Waals surface area (Å²) in [6.45, 7) is 3.27. The van der Waals surface area contributed by atoms with Crippen molar-refractivity contribution in [3.63, 3.8) is 0 Å². The lowest BCUT2D eigenvalue weighted by atomic mass is 10.5. The fourth-order valence-corrected chi connectivity index (χ4v) is 1.98. The smallest absolute Gasteiger partial charge is 0.209 e. The van der Waals surface area contributed by atoms with Crippen molar-refractivity contribution in [2.75, 3.05) is 39.2 Å². The fourth-order valence-electron chi connectivity index (χ4n) is 1.15. The van der Waals surface area contributed by atoms with Crippen LogP contribution in [0.1, 0.15) is 6.42 Å². The highest BCUT2D eigenvalue weighted by Crippen LogP contribution is 2.13. The number of hydrogen-bond donors (Lipinski definition) is 2. The first-order valence-electron chi connectivity index (χ1n) is 5.58. The van der Waals surface area contributed by atoms with Gasteiger partial charge in [0.2, 0.25) is 5.16 Å². The molecule has 98 valence electrons. The quantitative estimate of drug-likeness (QED) is 0.429. The first-order chi connectivity index (χ1) is 8.38. The molecule has 7 nitrogen and oxygen atoms in total. The van der Waals surface area contributed by atoms with Crippen LogP contribution in [0.25, 0.3) is 0 Å². The molecule has 0 saturated carbocycles. The maximum atomic E-state index is 8.69. The minimum absolute atomic E-state index is 0.202. The van der Waals surface area contributed by atoms with Crippen molar-refractivity contribution in [1.29, 1.82) is 0 Å². The average Bonchev–Trinajstić information content (AvgIpc) is 2.77. The summed E-state index contributed by atoms with van der Waals surface area (Å²) < 4.78 is 6.70. The SMILES string of the molecule is COCCNCCn1nnnc1SCCCO. The van der Waals surface area contributed by atoms with Gasteiger partial charge in [-0.2, -0.15) is 0 Å². The zero-order valence-corrected chi connectivity index (χ0v) is 10.8. The summed E-state index contributed by atoms with van der Waals surface area (Å²) in [6.07, 6.45) is 0.754. The van der Waals surface area contributed by atoms with Gasteiger partial charge >= 0.3 is 0 Å². The summed E-state index contributed by atoms with van der Waals surface area (Å²) in [5, 5.41) is 24.2. The highest BCUT2D eigenvalue weighted by Gasteiger charge is 2.05. The van der Waals surface area contributed by atoms with Gasteiger partial charge in [-0.15, -0.1) is 5.10 Å². The van der Waals surface area contributed by atoms with Crippen LogP contribution < -0.4 is 5.32 Å². The van der Waals surface area contributed by atoms with Crippen LogP contribution in [0.15, 0.2) is 5.16 Å². The third kappa shape index (κ3) is 5.97. The molecule has 0 atom stereocenters. The minimum atomic E-state index is 0.202. The third-order valence-electron chi connectivity index (χ3n) is 2.02. The molecule has 0 bridgehead atoms. The van der Waals surface area contributed by atoms with E-state index in [1.165, 1.54) is 0 Å². The van der Waals surface area contributed by atoms with Crippen LogP contribution in [0, 0.1) is 0 Å². The number of hydrogen-bond acceptors (Lipinski definition) is 7. The molecule has 0 unspecified atom stereocenters. The van der Waals surface area contributed by atoms with Crippen molar-refractivity contribution >= 4 is 11.8 Å². The summed E-state index contributed by atoms with van der Waals surface area (Å²) in [6, 6.07) is 0. The average molecular weight is 261 g/mol. The van der Waals surface area contributed by atoms with Gasteiger partial charge in [0.1, 0.15) is 0 Å². The molecule has 1 aromatic heterocycles. The molecule has 0 aromatic carbocycles. The monoisotopic (exact) mass is 261 g/mol. The van der Waals surface area contributed by atoms with Crippen LogP contribution in [0.4, 0.5) is 0 Å². The van der Waals surface area contributed by atoms with Gasteiger partial charge < -0.3 is 15.2 Å². The highest BCUT2D eigenvalue weighted by atomic mass is 32.2. The Balaban J connectivity index is 2.20. The van der Waals surface area contributed by atoms with Crippen molar-refractivity contribution in [2.24, 2.45) is 0 Å². The Kier molecular flexibility index (Phi) is 7.89. The zero-order chi connectivity index (χ0) is 12.3. The van der Waals surface area contributed by atoms with Gasteiger partial charge in [0.15, 0.2) is 0 Å². The predicted molar refractivity (Wildman–Crippen MR) is 65.0 cm³/mol. The van der Waals surface area contributed by atoms with E-state index in [9.17, 15) is 0 Å². The number of thioether (sulfide) groups is 1. The standard InChI is InChI=1S/C9H19N5O2S/c1-16-7-4-10-3-5-14-9(11-12-13-14)17-8-2-6-15/h10,15H,2-8H2,1H3. The molecule has 0 spiro atoms. The molecular formula is C9H19N5O2S. The fraction of sp³-hybridized carbons (Fsp3) is 0.889. The molecule has 17 heavy (non-hydrogen) atoms. The van der Waals surface area contributed by atoms with E-state index in [2.05, 4.69) is 20.8 Å². The molecule has 8 heteroatoms. The predicted octanol–water partition coefficient (Wildman–Crippen LogP) is -0.616. The number of ether oxygens (including phenoxy) is 1. The Hall–Kier alpha value is -0.700. The van der Waals surface area contributed by atoms with Gasteiger partial charge in [-0.3, -0.25) is 0 Å². The number of tetrazole rings is 1. The second-order valence-electron chi connectivity index (χ2n) is 3.35. The van der Waals surface area contributed by atoms with E-state index in [0.29, 0.717) is 6.61 Å². The number of methoxy groups -OCH3 is 1. The number of rotatable bonds is 10. The van der Waals surface area contributed by atoms with Crippen molar-refractivity contribution in [3.05, 3.63) is 0 Å². The van der Waals surface area contributed by atoms with Crippen LogP contribution in [-0.2, 0) is 11.3 Å². The molecule has 0 radical (unpaired) electrons. The molecule has 0 saturated heterocycles. The number of aliphatic hydroxyl groups excluding tert-OH is 1. The second kappa shape index (κ2) is 9.34. The molecule has 1 heterocycles. The first kappa shape index (κ1) is 14.4. The number of aliphatic hydroxyl groups is 1. The normalized spacial score (nSPS) is 10.9. The van der Waals surface area contributed by atoms with E-state index in [1.54, 1.807) is 23.6 Å². The second-order valence-corrected chi connectivity index (χ2v) is 4.42. The molecule has 0 aliphatic carbocycles. The van der Waals surface area contributed by atoms with Gasteiger partial charge in [0.05, 0.1) is 13.2 Å². The van der Waals surface area contributed by atoms with Crippen LogP contribution in [0.3, 0.4) is 0 Å². The van der Waals surface area contributed by atoms with Crippen molar-refractivity contribution in [2.45, 2.75) is 18.1 Å². The minimum Gasteiger partial charge on any atom is -0.396 e. The molecule has 0 amide bonds. The molecule has 2 N–H and O–H groups in total. The van der Waals surface area contributed by atoms with Gasteiger partial charge in [-0.25, -0.2) is 4.68 Å². The first-order valence-corrected chi connectivity index (χ1v) is 6.56. The number of nitrogens with zero attached hydrogens (tertiary/aromatic N) is 4. The lowest BCUT2D eigenvalue weighted by molar-refractivity contribution is 0.199. The van der Waals surface area contributed by atoms with Crippen LogP contribution in [0.5, 0.6) is 0 Å². The van der Waals surface area contributed by atoms with E-state index in [-0.39, 0.29) is 6.61 Å². The van der Waals surface area contributed by atoms with Crippen LogP contribution >= 0.6 is 11.8 Å². The Morgan fingerprint density at radius 3 is 3.12 bits per heavy atom. The summed E-state index contributed by atoms with van der Waals surface area (Å²) in [5.74, 6) is 0.827. The van der Waals surface area contributed by atoms with Crippen molar-refractivity contribution in [3.8, 4) is 0 Å². The Morgan fingerprint density at radius 1 is 1.47 bits per heavy atom. The lowest BCUT2D eigenvalue weighted by Gasteiger charge is -2.05. The topological polar surface area (TPSA) is 85.1 Å². The molecule has 0 aliphatic rings. The number of nitrogens with one attached hydrogen (secondary N) is 1. The van der Waals surface area contributed by atoms with Gasteiger partial charge in [0.25, 0.3) is 0 Å². The largest absolute Gasteiger partial charge is 0.396 e. The summed E-state index contributed by atoms with van der Waals surface area (Å²) >= 11 is 1.56. The maximum absolute atomic E-state index is 8.69. The van der Waals surface area contributed by atoms with Crippen LogP contribution in [0.2, 0.25) is 0 Å². The summed E-state index contributed by atoms with van der Waals surface area (Å²) in [7, 11) is 1.68. The summed E-state index contributed by atoms with van der Waals surface area (Å²) in [4.78, 5) is 0. The van der Waals surface area contributed by atoms with E-state index >= 15 is 0 Å². The lowest BCUT2D eigenvalue weighted by Crippen LogP contribution is -2.24. The molecule has 0 fully saturated rings. The van der Waals surface area contributed by atoms with E-state index in [1.807, 2.05) is 0 Å². The van der Waals surface area contributed by atoms with E-state index < -0.39 is 0 Å². The van der Waals surface area contributed by atoms with E-state index in [0.717, 1.165) is 37.0 Å². The van der Waals surface area contributed by atoms with Crippen LogP contribution in [-0.4, -0.2) is 64.5 Å². The Bertz CT molecular complexity index is 297.